The summed E-state index contributed by atoms with van der Waals surface area (Å²) >= 11 is 6.35. The molecule has 3 rings (SSSR count). The fraction of sp³-hybridized carbons (Fsp3) is 0.348. The smallest absolute Gasteiger partial charge is 0.262 e. The van der Waals surface area contributed by atoms with Gasteiger partial charge in [0.2, 0.25) is 5.91 Å². The molecule has 2 aromatic carbocycles. The second-order valence-corrected chi connectivity index (χ2v) is 8.37. The highest BCUT2D eigenvalue weighted by Crippen LogP contribution is 2.28. The summed E-state index contributed by atoms with van der Waals surface area (Å²) in [6, 6.07) is 13.1. The molecule has 0 aromatic heterocycles. The molecule has 7 heteroatoms. The summed E-state index contributed by atoms with van der Waals surface area (Å²) in [5, 5.41) is 3.55. The van der Waals surface area contributed by atoms with Gasteiger partial charge in [-0.2, -0.15) is 0 Å². The fourth-order valence-electron chi connectivity index (χ4n) is 3.80. The third-order valence-corrected chi connectivity index (χ3v) is 5.71. The van der Waals surface area contributed by atoms with E-state index in [0.29, 0.717) is 22.7 Å². The summed E-state index contributed by atoms with van der Waals surface area (Å²) in [4.78, 5) is 41.9. The molecule has 0 saturated carbocycles. The van der Waals surface area contributed by atoms with Crippen LogP contribution < -0.4 is 5.32 Å². The van der Waals surface area contributed by atoms with Crippen LogP contribution in [0.5, 0.6) is 0 Å². The minimum atomic E-state index is -0.897. The highest BCUT2D eigenvalue weighted by atomic mass is 35.5. The third kappa shape index (κ3) is 4.11. The molecule has 2 atom stereocenters. The van der Waals surface area contributed by atoms with Crippen LogP contribution in [0.4, 0.5) is 0 Å². The monoisotopic (exact) mass is 427 g/mol. The summed E-state index contributed by atoms with van der Waals surface area (Å²) < 4.78 is 0. The zero-order valence-corrected chi connectivity index (χ0v) is 18.3. The van der Waals surface area contributed by atoms with Crippen molar-refractivity contribution in [3.63, 3.8) is 0 Å². The number of hydrogen-bond acceptors (Lipinski definition) is 4. The van der Waals surface area contributed by atoms with E-state index in [1.165, 1.54) is 0 Å². The Hall–Kier alpha value is -2.70. The highest BCUT2D eigenvalue weighted by Gasteiger charge is 2.43. The average molecular weight is 428 g/mol. The molecule has 0 saturated heterocycles. The number of hydrogen-bond donors (Lipinski definition) is 1. The maximum Gasteiger partial charge on any atom is 0.262 e. The molecule has 0 fully saturated rings. The van der Waals surface area contributed by atoms with Crippen LogP contribution in [0, 0.1) is 5.92 Å². The predicted octanol–water partition coefficient (Wildman–Crippen LogP) is 3.38. The van der Waals surface area contributed by atoms with Crippen molar-refractivity contribution in [2.45, 2.75) is 25.9 Å². The molecule has 1 heterocycles. The van der Waals surface area contributed by atoms with E-state index in [4.69, 9.17) is 11.6 Å². The van der Waals surface area contributed by atoms with Gasteiger partial charge in [-0.3, -0.25) is 19.3 Å². The Kier molecular flexibility index (Phi) is 6.58. The first-order chi connectivity index (χ1) is 14.2. The lowest BCUT2D eigenvalue weighted by Gasteiger charge is -2.30. The molecule has 30 heavy (non-hydrogen) atoms. The molecule has 158 valence electrons. The number of imide groups is 1. The molecule has 0 bridgehead atoms. The molecule has 2 aromatic rings. The maximum absolute atomic E-state index is 13.1. The molecule has 3 amide bonds. The number of carbonyl (C=O) groups is 3. The molecule has 0 aliphatic carbocycles. The van der Waals surface area contributed by atoms with E-state index in [1.807, 2.05) is 57.1 Å². The molecular formula is C23H26ClN3O3. The Balaban J connectivity index is 1.81. The number of amides is 3. The average Bonchev–Trinajstić information content (AvgIpc) is 2.95. The van der Waals surface area contributed by atoms with Crippen LogP contribution in [0.15, 0.2) is 48.5 Å². The van der Waals surface area contributed by atoms with Gasteiger partial charge in [-0.25, -0.2) is 0 Å². The molecule has 1 aliphatic rings. The van der Waals surface area contributed by atoms with Crippen LogP contribution in [0.25, 0.3) is 0 Å². The number of nitrogens with zero attached hydrogens (tertiary/aromatic N) is 2. The van der Waals surface area contributed by atoms with Crippen LogP contribution >= 0.6 is 11.6 Å². The quantitative estimate of drug-likeness (QED) is 0.688. The first kappa shape index (κ1) is 22.0. The summed E-state index contributed by atoms with van der Waals surface area (Å²) in [6.07, 6.45) is 0. The fourth-order valence-corrected chi connectivity index (χ4v) is 4.06. The van der Waals surface area contributed by atoms with Gasteiger partial charge in [-0.1, -0.05) is 55.8 Å². The van der Waals surface area contributed by atoms with E-state index < -0.39 is 17.9 Å². The van der Waals surface area contributed by atoms with Crippen molar-refractivity contribution in [1.29, 1.82) is 0 Å². The van der Waals surface area contributed by atoms with Crippen molar-refractivity contribution < 1.29 is 14.4 Å². The molecule has 0 spiro atoms. The van der Waals surface area contributed by atoms with Crippen LogP contribution in [0.1, 0.15) is 46.2 Å². The number of benzene rings is 2. The predicted molar refractivity (Wildman–Crippen MR) is 116 cm³/mol. The number of rotatable bonds is 7. The van der Waals surface area contributed by atoms with E-state index >= 15 is 0 Å². The van der Waals surface area contributed by atoms with Gasteiger partial charge < -0.3 is 10.2 Å². The van der Waals surface area contributed by atoms with Crippen LogP contribution in [0.2, 0.25) is 5.02 Å². The van der Waals surface area contributed by atoms with Gasteiger partial charge in [0.25, 0.3) is 11.8 Å². The van der Waals surface area contributed by atoms with Gasteiger partial charge in [0.1, 0.15) is 6.04 Å². The van der Waals surface area contributed by atoms with Crippen molar-refractivity contribution in [3.05, 3.63) is 70.2 Å². The molecule has 2 unspecified atom stereocenters. The van der Waals surface area contributed by atoms with Gasteiger partial charge in [0.15, 0.2) is 0 Å². The molecule has 1 aliphatic heterocycles. The lowest BCUT2D eigenvalue weighted by atomic mass is 10.0. The molecule has 6 nitrogen and oxygen atoms in total. The number of carbonyl (C=O) groups excluding carboxylic acids is 3. The topological polar surface area (TPSA) is 69.7 Å². The Morgan fingerprint density at radius 2 is 1.53 bits per heavy atom. The number of halogens is 1. The van der Waals surface area contributed by atoms with Crippen LogP contribution in [-0.2, 0) is 4.79 Å². The van der Waals surface area contributed by atoms with Crippen molar-refractivity contribution >= 4 is 29.3 Å². The van der Waals surface area contributed by atoms with E-state index in [-0.39, 0.29) is 17.9 Å². The summed E-state index contributed by atoms with van der Waals surface area (Å²) in [6.45, 7) is 3.94. The zero-order valence-electron chi connectivity index (χ0n) is 17.6. The zero-order chi connectivity index (χ0) is 22.0. The summed E-state index contributed by atoms with van der Waals surface area (Å²) in [5.74, 6) is -1.47. The first-order valence-electron chi connectivity index (χ1n) is 9.89. The third-order valence-electron chi connectivity index (χ3n) is 5.36. The molecular weight excluding hydrogens is 402 g/mol. The van der Waals surface area contributed by atoms with E-state index in [9.17, 15) is 14.4 Å². The normalized spacial score (nSPS) is 15.5. The second kappa shape index (κ2) is 8.98. The lowest BCUT2D eigenvalue weighted by Crippen LogP contribution is -2.53. The van der Waals surface area contributed by atoms with E-state index in [1.54, 1.807) is 24.3 Å². The van der Waals surface area contributed by atoms with Crippen LogP contribution in [0.3, 0.4) is 0 Å². The maximum atomic E-state index is 13.1. The van der Waals surface area contributed by atoms with Crippen molar-refractivity contribution in [2.24, 2.45) is 5.92 Å². The highest BCUT2D eigenvalue weighted by molar-refractivity contribution is 6.31. The Morgan fingerprint density at radius 1 is 1.00 bits per heavy atom. The second-order valence-electron chi connectivity index (χ2n) is 7.96. The SMILES string of the molecule is CC(C)C(C(=O)NCC(c1ccccc1Cl)N(C)C)N1C(=O)c2ccccc2C1=O. The van der Waals surface area contributed by atoms with Gasteiger partial charge in [0, 0.05) is 11.6 Å². The van der Waals surface area contributed by atoms with Crippen molar-refractivity contribution in [2.75, 3.05) is 20.6 Å². The Bertz CT molecular complexity index is 939. The minimum absolute atomic E-state index is 0.155. The number of likely N-dealkylation sites (N-methyl/N-ethyl adjacent to an activating group) is 1. The van der Waals surface area contributed by atoms with E-state index in [2.05, 4.69) is 5.32 Å². The molecule has 1 N–H and O–H groups in total. The van der Waals surface area contributed by atoms with Crippen molar-refractivity contribution in [3.8, 4) is 0 Å². The standard InChI is InChI=1S/C23H26ClN3O3/c1-14(2)20(27-22(29)15-9-5-6-10-16(15)23(27)30)21(28)25-13-19(26(3)4)17-11-7-8-12-18(17)24/h5-12,14,19-20H,13H2,1-4H3,(H,25,28). The van der Waals surface area contributed by atoms with Gasteiger partial charge in [-0.15, -0.1) is 0 Å². The Labute approximate surface area is 181 Å². The minimum Gasteiger partial charge on any atom is -0.352 e. The summed E-state index contributed by atoms with van der Waals surface area (Å²) in [7, 11) is 3.81. The molecule has 0 radical (unpaired) electrons. The van der Waals surface area contributed by atoms with Crippen LogP contribution in [-0.4, -0.2) is 54.2 Å². The van der Waals surface area contributed by atoms with Gasteiger partial charge in [0.05, 0.1) is 17.2 Å². The lowest BCUT2D eigenvalue weighted by molar-refractivity contribution is -0.126. The van der Waals surface area contributed by atoms with Gasteiger partial charge >= 0.3 is 0 Å². The van der Waals surface area contributed by atoms with Gasteiger partial charge in [-0.05, 0) is 43.8 Å². The van der Waals surface area contributed by atoms with E-state index in [0.717, 1.165) is 10.5 Å². The number of fused-ring (bicyclic) bond motifs is 1. The van der Waals surface area contributed by atoms with Crippen molar-refractivity contribution in [1.82, 2.24) is 15.1 Å². The summed E-state index contributed by atoms with van der Waals surface area (Å²) in [5.41, 5.74) is 1.57. The number of nitrogens with one attached hydrogen (secondary N) is 1. The first-order valence-corrected chi connectivity index (χ1v) is 10.3. The Morgan fingerprint density at radius 3 is 2.03 bits per heavy atom. The largest absolute Gasteiger partial charge is 0.352 e.